The zero-order valence-electron chi connectivity index (χ0n) is 12.2. The van der Waals surface area contributed by atoms with Crippen molar-refractivity contribution in [3.63, 3.8) is 0 Å². The van der Waals surface area contributed by atoms with Crippen LogP contribution >= 0.6 is 0 Å². The van der Waals surface area contributed by atoms with E-state index in [1.54, 1.807) is 30.3 Å². The third-order valence-electron chi connectivity index (χ3n) is 4.98. The molecule has 1 aromatic rings. The summed E-state index contributed by atoms with van der Waals surface area (Å²) in [5.41, 5.74) is 0.587. The lowest BCUT2D eigenvalue weighted by molar-refractivity contribution is -0.128. The minimum atomic E-state index is -0.555. The van der Waals surface area contributed by atoms with E-state index in [2.05, 4.69) is 0 Å². The van der Waals surface area contributed by atoms with E-state index in [-0.39, 0.29) is 23.6 Å². The molecular formula is C17H16N2O3. The van der Waals surface area contributed by atoms with E-state index in [1.165, 1.54) is 11.0 Å². The summed E-state index contributed by atoms with van der Waals surface area (Å²) in [4.78, 5) is 41.2. The van der Waals surface area contributed by atoms with Crippen LogP contribution in [0.1, 0.15) is 6.92 Å². The van der Waals surface area contributed by atoms with Crippen LogP contribution in [0, 0.1) is 11.8 Å². The van der Waals surface area contributed by atoms with Gasteiger partial charge in [0, 0.05) is 6.04 Å². The lowest BCUT2D eigenvalue weighted by atomic mass is 9.90. The molecule has 4 unspecified atom stereocenters. The van der Waals surface area contributed by atoms with Crippen molar-refractivity contribution in [1.29, 1.82) is 0 Å². The minimum absolute atomic E-state index is 0.0679. The van der Waals surface area contributed by atoms with Crippen molar-refractivity contribution < 1.29 is 14.4 Å². The van der Waals surface area contributed by atoms with Gasteiger partial charge in [-0.3, -0.25) is 19.3 Å². The molecule has 0 N–H and O–H groups in total. The van der Waals surface area contributed by atoms with Gasteiger partial charge in [-0.1, -0.05) is 31.2 Å². The summed E-state index contributed by atoms with van der Waals surface area (Å²) >= 11 is 0. The van der Waals surface area contributed by atoms with Crippen molar-refractivity contribution in [2.24, 2.45) is 11.8 Å². The molecule has 4 atom stereocenters. The summed E-state index contributed by atoms with van der Waals surface area (Å²) in [6.45, 7) is 2.61. The molecule has 2 bridgehead atoms. The number of carbonyl (C=O) groups excluding carboxylic acids is 3. The van der Waals surface area contributed by atoms with E-state index in [0.717, 1.165) is 0 Å². The lowest BCUT2D eigenvalue weighted by Crippen LogP contribution is -2.49. The van der Waals surface area contributed by atoms with Crippen LogP contribution in [0.4, 0.5) is 5.69 Å². The first-order valence-electron chi connectivity index (χ1n) is 7.55. The monoisotopic (exact) mass is 296 g/mol. The number of benzene rings is 1. The molecule has 5 nitrogen and oxygen atoms in total. The molecule has 0 aliphatic carbocycles. The minimum Gasteiger partial charge on any atom is -0.293 e. The fraction of sp³-hybridized carbons (Fsp3) is 0.353. The maximum atomic E-state index is 12.8. The molecule has 1 aromatic carbocycles. The number of amides is 2. The number of imide groups is 1. The number of ketones is 1. The van der Waals surface area contributed by atoms with Gasteiger partial charge in [0.1, 0.15) is 0 Å². The third-order valence-corrected chi connectivity index (χ3v) is 4.98. The number of hydrogen-bond donors (Lipinski definition) is 0. The maximum absolute atomic E-state index is 12.8. The molecule has 4 rings (SSSR count). The summed E-state index contributed by atoms with van der Waals surface area (Å²) in [7, 11) is 0. The molecule has 22 heavy (non-hydrogen) atoms. The van der Waals surface area contributed by atoms with E-state index in [4.69, 9.17) is 0 Å². The molecule has 112 valence electrons. The van der Waals surface area contributed by atoms with Crippen LogP contribution in [0.5, 0.6) is 0 Å². The Morgan fingerprint density at radius 2 is 1.68 bits per heavy atom. The van der Waals surface area contributed by atoms with Gasteiger partial charge in [0.15, 0.2) is 5.78 Å². The normalized spacial score (nSPS) is 33.7. The van der Waals surface area contributed by atoms with Gasteiger partial charge in [-0.2, -0.15) is 0 Å². The van der Waals surface area contributed by atoms with E-state index in [9.17, 15) is 14.4 Å². The van der Waals surface area contributed by atoms with Crippen LogP contribution in [-0.2, 0) is 14.4 Å². The summed E-state index contributed by atoms with van der Waals surface area (Å²) in [5, 5.41) is 0. The zero-order valence-corrected chi connectivity index (χ0v) is 12.2. The maximum Gasteiger partial charge on any atom is 0.239 e. The molecular weight excluding hydrogens is 280 g/mol. The van der Waals surface area contributed by atoms with Gasteiger partial charge < -0.3 is 0 Å². The first-order chi connectivity index (χ1) is 10.6. The number of para-hydroxylation sites is 1. The van der Waals surface area contributed by atoms with Crippen molar-refractivity contribution in [2.75, 3.05) is 11.4 Å². The Kier molecular flexibility index (Phi) is 2.81. The van der Waals surface area contributed by atoms with Crippen molar-refractivity contribution in [3.05, 3.63) is 42.5 Å². The van der Waals surface area contributed by atoms with Crippen LogP contribution in [0.3, 0.4) is 0 Å². The topological polar surface area (TPSA) is 57.7 Å². The van der Waals surface area contributed by atoms with Gasteiger partial charge >= 0.3 is 0 Å². The molecule has 2 amide bonds. The highest BCUT2D eigenvalue weighted by molar-refractivity contribution is 6.24. The highest BCUT2D eigenvalue weighted by atomic mass is 16.2. The summed E-state index contributed by atoms with van der Waals surface area (Å²) < 4.78 is 0. The van der Waals surface area contributed by atoms with Gasteiger partial charge in [-0.05, 0) is 24.8 Å². The van der Waals surface area contributed by atoms with Crippen LogP contribution in [0.2, 0.25) is 0 Å². The second kappa shape index (κ2) is 4.61. The average Bonchev–Trinajstić information content (AvgIpc) is 2.93. The Labute approximate surface area is 128 Å². The van der Waals surface area contributed by atoms with Crippen LogP contribution in [-0.4, -0.2) is 41.1 Å². The second-order valence-electron chi connectivity index (χ2n) is 5.93. The summed E-state index contributed by atoms with van der Waals surface area (Å²) in [6.07, 6.45) is 3.32. The van der Waals surface area contributed by atoms with Crippen LogP contribution in [0.25, 0.3) is 0 Å². The molecule has 2 saturated heterocycles. The first-order valence-corrected chi connectivity index (χ1v) is 7.55. The molecule has 2 fully saturated rings. The Morgan fingerprint density at radius 3 is 2.36 bits per heavy atom. The first kappa shape index (κ1) is 13.4. The number of hydrogen-bond acceptors (Lipinski definition) is 4. The number of fused-ring (bicyclic) bond motifs is 5. The van der Waals surface area contributed by atoms with E-state index in [0.29, 0.717) is 12.2 Å². The van der Waals surface area contributed by atoms with Crippen molar-refractivity contribution in [3.8, 4) is 0 Å². The van der Waals surface area contributed by atoms with E-state index >= 15 is 0 Å². The lowest BCUT2D eigenvalue weighted by Gasteiger charge is -2.32. The predicted molar refractivity (Wildman–Crippen MR) is 80.0 cm³/mol. The molecule has 5 heteroatoms. The molecule has 0 saturated carbocycles. The third kappa shape index (κ3) is 1.54. The SMILES string of the molecule is CCN1C2C=CC(=O)C1C1C(=O)N(c3ccccc3)C(=O)C12. The Bertz CT molecular complexity index is 697. The Hall–Kier alpha value is -2.27. The Morgan fingerprint density at radius 1 is 1.00 bits per heavy atom. The number of likely N-dealkylation sites (N-methyl/N-ethyl adjacent to an activating group) is 1. The van der Waals surface area contributed by atoms with Crippen LogP contribution < -0.4 is 4.90 Å². The van der Waals surface area contributed by atoms with Gasteiger partial charge in [-0.25, -0.2) is 4.90 Å². The standard InChI is InChI=1S/C17H16N2O3/c1-2-18-11-8-9-12(20)15(18)14-13(11)16(21)19(17(14)22)10-6-4-3-5-7-10/h3-9,11,13-15H,2H2,1H3. The summed E-state index contributed by atoms with van der Waals surface area (Å²) in [5.74, 6) is -1.50. The van der Waals surface area contributed by atoms with Crippen molar-refractivity contribution >= 4 is 23.3 Å². The zero-order chi connectivity index (χ0) is 15.4. The number of nitrogens with zero attached hydrogens (tertiary/aromatic N) is 2. The Balaban J connectivity index is 1.79. The van der Waals surface area contributed by atoms with Gasteiger partial charge in [0.2, 0.25) is 11.8 Å². The molecule has 3 aliphatic heterocycles. The van der Waals surface area contributed by atoms with Crippen molar-refractivity contribution in [2.45, 2.75) is 19.0 Å². The molecule has 3 heterocycles. The number of rotatable bonds is 2. The molecule has 0 radical (unpaired) electrons. The highest BCUT2D eigenvalue weighted by Crippen LogP contribution is 2.46. The fourth-order valence-electron chi connectivity index (χ4n) is 4.10. The largest absolute Gasteiger partial charge is 0.293 e. The second-order valence-corrected chi connectivity index (χ2v) is 5.93. The van der Waals surface area contributed by atoms with Crippen LogP contribution in [0.15, 0.2) is 42.5 Å². The highest BCUT2D eigenvalue weighted by Gasteiger charge is 2.63. The predicted octanol–water partition coefficient (Wildman–Crippen LogP) is 1.00. The van der Waals surface area contributed by atoms with E-state index in [1.807, 2.05) is 17.9 Å². The smallest absolute Gasteiger partial charge is 0.239 e. The number of anilines is 1. The van der Waals surface area contributed by atoms with Gasteiger partial charge in [-0.15, -0.1) is 0 Å². The van der Waals surface area contributed by atoms with Gasteiger partial charge in [0.05, 0.1) is 23.6 Å². The average molecular weight is 296 g/mol. The number of carbonyl (C=O) groups is 3. The van der Waals surface area contributed by atoms with E-state index < -0.39 is 17.9 Å². The van der Waals surface area contributed by atoms with Gasteiger partial charge in [0.25, 0.3) is 0 Å². The quantitative estimate of drug-likeness (QED) is 0.764. The molecule has 0 spiro atoms. The fourth-order valence-corrected chi connectivity index (χ4v) is 4.10. The molecule has 3 aliphatic rings. The summed E-state index contributed by atoms with van der Waals surface area (Å²) in [6, 6.07) is 8.31. The molecule has 0 aromatic heterocycles. The van der Waals surface area contributed by atoms with Crippen molar-refractivity contribution in [1.82, 2.24) is 4.90 Å².